The molecule has 2 heterocycles. The Hall–Kier alpha value is -3.75. The van der Waals surface area contributed by atoms with Gasteiger partial charge in [-0.15, -0.1) is 0 Å². The number of hydrogen-bond donors (Lipinski definition) is 1. The van der Waals surface area contributed by atoms with Crippen LogP contribution < -0.4 is 4.74 Å². The van der Waals surface area contributed by atoms with Crippen LogP contribution in [0.3, 0.4) is 0 Å². The number of rotatable bonds is 6. The second-order valence-electron chi connectivity index (χ2n) is 8.71. The lowest BCUT2D eigenvalue weighted by Gasteiger charge is -2.46. The van der Waals surface area contributed by atoms with Gasteiger partial charge in [0, 0.05) is 17.1 Å². The quantitative estimate of drug-likeness (QED) is 0.446. The van der Waals surface area contributed by atoms with Gasteiger partial charge in [0.1, 0.15) is 11.4 Å². The number of carbonyl (C=O) groups is 1. The zero-order valence-electron chi connectivity index (χ0n) is 19.1. The molecule has 1 fully saturated rings. The zero-order valence-corrected chi connectivity index (χ0v) is 19.9. The van der Waals surface area contributed by atoms with Crippen molar-refractivity contribution >= 4 is 26.6 Å². The van der Waals surface area contributed by atoms with Crippen LogP contribution in [-0.4, -0.2) is 49.5 Å². The molecule has 1 aromatic heterocycles. The van der Waals surface area contributed by atoms with Crippen LogP contribution in [0.4, 0.5) is 0 Å². The second-order valence-corrected chi connectivity index (χ2v) is 10.7. The molecular weight excluding hydrogens is 464 g/mol. The monoisotopic (exact) mass is 488 g/mol. The van der Waals surface area contributed by atoms with E-state index in [1.165, 1.54) is 0 Å². The van der Waals surface area contributed by atoms with E-state index in [4.69, 9.17) is 4.74 Å². The molecule has 4 aromatic rings. The summed E-state index contributed by atoms with van der Waals surface area (Å²) >= 11 is 0. The fourth-order valence-electron chi connectivity index (χ4n) is 4.37. The van der Waals surface area contributed by atoms with Gasteiger partial charge in [-0.05, 0) is 47.5 Å². The summed E-state index contributed by atoms with van der Waals surface area (Å²) in [4.78, 5) is 18.9. The third kappa shape index (κ3) is 4.38. The van der Waals surface area contributed by atoms with Crippen molar-refractivity contribution in [3.8, 4) is 5.75 Å². The summed E-state index contributed by atoms with van der Waals surface area (Å²) < 4.78 is 31.4. The number of ether oxygens (including phenoxy) is 1. The first-order chi connectivity index (χ1) is 16.8. The van der Waals surface area contributed by atoms with E-state index in [-0.39, 0.29) is 29.6 Å². The molecule has 3 aromatic carbocycles. The molecule has 8 heteroatoms. The Morgan fingerprint density at radius 3 is 2.49 bits per heavy atom. The lowest BCUT2D eigenvalue weighted by atomic mass is 9.85. The second kappa shape index (κ2) is 8.79. The van der Waals surface area contributed by atoms with Crippen LogP contribution >= 0.6 is 0 Å². The Kier molecular flexibility index (Phi) is 5.78. The minimum absolute atomic E-state index is 0.170. The molecule has 1 aliphatic rings. The van der Waals surface area contributed by atoms with Crippen molar-refractivity contribution in [3.63, 3.8) is 0 Å². The number of aromatic nitrogens is 1. The maximum absolute atomic E-state index is 13.1. The van der Waals surface area contributed by atoms with E-state index in [2.05, 4.69) is 4.98 Å². The molecule has 1 N–H and O–H groups in total. The van der Waals surface area contributed by atoms with Gasteiger partial charge in [-0.1, -0.05) is 42.5 Å². The van der Waals surface area contributed by atoms with Gasteiger partial charge in [0.25, 0.3) is 5.91 Å². The fraction of sp³-hybridized carbons (Fsp3) is 0.185. The molecule has 5 rings (SSSR count). The number of fused-ring (bicyclic) bond motifs is 1. The molecule has 0 aliphatic carbocycles. The molecular formula is C27H24N2O5S. The van der Waals surface area contributed by atoms with E-state index >= 15 is 0 Å². The largest absolute Gasteiger partial charge is 0.497 e. The molecule has 1 aliphatic heterocycles. The van der Waals surface area contributed by atoms with Gasteiger partial charge in [0.15, 0.2) is 9.84 Å². The number of nitrogens with zero attached hydrogens (tertiary/aromatic N) is 2. The molecule has 7 nitrogen and oxygen atoms in total. The standard InChI is InChI=1S/C27H24N2O5S/c1-34-23-8-3-7-22(15-23)27(31)17-29(18-27)26(30)21-12-10-19(11-13-21)16-35(32,33)24-9-2-5-20-6-4-14-28-25(20)24/h2-15,31H,16-18H2,1H3. The maximum Gasteiger partial charge on any atom is 0.254 e. The van der Waals surface area contributed by atoms with Crippen LogP contribution in [0, 0.1) is 0 Å². The van der Waals surface area contributed by atoms with Crippen molar-refractivity contribution in [2.45, 2.75) is 16.2 Å². The first-order valence-electron chi connectivity index (χ1n) is 11.1. The van der Waals surface area contributed by atoms with Gasteiger partial charge in [-0.3, -0.25) is 9.78 Å². The minimum Gasteiger partial charge on any atom is -0.497 e. The van der Waals surface area contributed by atoms with Crippen LogP contribution in [0.5, 0.6) is 5.75 Å². The first-order valence-corrected chi connectivity index (χ1v) is 12.8. The molecule has 1 saturated heterocycles. The van der Waals surface area contributed by atoms with Crippen LogP contribution in [0.1, 0.15) is 21.5 Å². The van der Waals surface area contributed by atoms with Crippen LogP contribution in [0.15, 0.2) is 90.0 Å². The van der Waals surface area contributed by atoms with Crippen molar-refractivity contribution in [2.24, 2.45) is 0 Å². The Labute approximate surface area is 203 Å². The number of amides is 1. The predicted octanol–water partition coefficient (Wildman–Crippen LogP) is 3.56. The van der Waals surface area contributed by atoms with Crippen molar-refractivity contribution in [3.05, 3.63) is 102 Å². The molecule has 0 bridgehead atoms. The highest BCUT2D eigenvalue weighted by molar-refractivity contribution is 7.90. The summed E-state index contributed by atoms with van der Waals surface area (Å²) in [6.07, 6.45) is 1.58. The fourth-order valence-corrected chi connectivity index (χ4v) is 5.91. The maximum atomic E-state index is 13.1. The van der Waals surface area contributed by atoms with Crippen molar-refractivity contribution in [2.75, 3.05) is 20.2 Å². The topological polar surface area (TPSA) is 96.8 Å². The molecule has 0 atom stereocenters. The lowest BCUT2D eigenvalue weighted by molar-refractivity contribution is -0.0864. The van der Waals surface area contributed by atoms with Crippen LogP contribution in [-0.2, 0) is 21.2 Å². The first kappa shape index (κ1) is 23.0. The van der Waals surface area contributed by atoms with Crippen LogP contribution in [0.2, 0.25) is 0 Å². The number of carbonyl (C=O) groups excluding carboxylic acids is 1. The number of β-amino-alcohol motifs (C(OH)–C–C–N with tert-alkyl or cyclic N) is 1. The number of pyridine rings is 1. The summed E-state index contributed by atoms with van der Waals surface area (Å²) in [7, 11) is -2.07. The van der Waals surface area contributed by atoms with Crippen molar-refractivity contribution < 1.29 is 23.1 Å². The van der Waals surface area contributed by atoms with Crippen molar-refractivity contribution in [1.29, 1.82) is 0 Å². The highest BCUT2D eigenvalue weighted by Gasteiger charge is 2.45. The van der Waals surface area contributed by atoms with Gasteiger partial charge < -0.3 is 14.7 Å². The molecule has 1 amide bonds. The smallest absolute Gasteiger partial charge is 0.254 e. The number of methoxy groups -OCH3 is 1. The summed E-state index contributed by atoms with van der Waals surface area (Å²) in [6, 6.07) is 22.4. The van der Waals surface area contributed by atoms with E-state index in [9.17, 15) is 18.3 Å². The molecule has 0 saturated carbocycles. The SMILES string of the molecule is COc1cccc(C2(O)CN(C(=O)c3ccc(CS(=O)(=O)c4cccc5cccnc45)cc3)C2)c1. The minimum atomic E-state index is -3.64. The normalized spacial score (nSPS) is 15.0. The Morgan fingerprint density at radius 2 is 1.74 bits per heavy atom. The summed E-state index contributed by atoms with van der Waals surface area (Å²) in [5.41, 5.74) is 1.04. The highest BCUT2D eigenvalue weighted by atomic mass is 32.2. The number of aliphatic hydroxyl groups is 1. The van der Waals surface area contributed by atoms with E-state index in [0.717, 1.165) is 5.39 Å². The Morgan fingerprint density at radius 1 is 1.03 bits per heavy atom. The van der Waals surface area contributed by atoms with E-state index in [1.807, 2.05) is 18.2 Å². The van der Waals surface area contributed by atoms with Gasteiger partial charge in [0.05, 0.1) is 36.4 Å². The lowest BCUT2D eigenvalue weighted by Crippen LogP contribution is -2.61. The van der Waals surface area contributed by atoms with Gasteiger partial charge in [0.2, 0.25) is 0 Å². The predicted molar refractivity (Wildman–Crippen MR) is 132 cm³/mol. The summed E-state index contributed by atoms with van der Waals surface area (Å²) in [5.74, 6) is 0.229. The Balaban J connectivity index is 1.28. The highest BCUT2D eigenvalue weighted by Crippen LogP contribution is 2.34. The van der Waals surface area contributed by atoms with Gasteiger partial charge in [-0.25, -0.2) is 8.42 Å². The number of sulfone groups is 1. The average molecular weight is 489 g/mol. The summed E-state index contributed by atoms with van der Waals surface area (Å²) in [6.45, 7) is 0.340. The third-order valence-corrected chi connectivity index (χ3v) is 8.00. The number of benzene rings is 3. The van der Waals surface area contributed by atoms with E-state index in [1.54, 1.807) is 78.9 Å². The zero-order chi connectivity index (χ0) is 24.6. The Bertz CT molecular complexity index is 1510. The van der Waals surface area contributed by atoms with E-state index < -0.39 is 15.4 Å². The van der Waals surface area contributed by atoms with Gasteiger partial charge in [-0.2, -0.15) is 0 Å². The number of para-hydroxylation sites is 1. The number of hydrogen-bond acceptors (Lipinski definition) is 6. The van der Waals surface area contributed by atoms with Crippen molar-refractivity contribution in [1.82, 2.24) is 9.88 Å². The molecule has 0 unspecified atom stereocenters. The summed E-state index contributed by atoms with van der Waals surface area (Å²) in [5, 5.41) is 11.7. The molecule has 0 radical (unpaired) electrons. The molecule has 178 valence electrons. The molecule has 0 spiro atoms. The van der Waals surface area contributed by atoms with E-state index in [0.29, 0.717) is 28.0 Å². The third-order valence-electron chi connectivity index (χ3n) is 6.29. The number of likely N-dealkylation sites (tertiary alicyclic amines) is 1. The molecule has 35 heavy (non-hydrogen) atoms. The van der Waals surface area contributed by atoms with Crippen LogP contribution in [0.25, 0.3) is 10.9 Å². The van der Waals surface area contributed by atoms with Gasteiger partial charge >= 0.3 is 0 Å². The average Bonchev–Trinajstić information content (AvgIpc) is 2.86.